The minimum atomic E-state index is -0.445. The molecule has 0 unspecified atom stereocenters. The SMILES string of the molecule is CC1=C(C(=O)Nc2ccc(C)cc2)[C@@H](c2ccc(F)cc2)NC(=S)N1. The maximum absolute atomic E-state index is 13.2. The molecule has 0 aromatic heterocycles. The largest absolute Gasteiger partial charge is 0.351 e. The van der Waals surface area contributed by atoms with E-state index in [2.05, 4.69) is 16.0 Å². The lowest BCUT2D eigenvalue weighted by molar-refractivity contribution is -0.113. The normalized spacial score (nSPS) is 16.9. The predicted molar refractivity (Wildman–Crippen MR) is 101 cm³/mol. The summed E-state index contributed by atoms with van der Waals surface area (Å²) in [5.41, 5.74) is 3.77. The van der Waals surface area contributed by atoms with Crippen molar-refractivity contribution in [2.24, 2.45) is 0 Å². The summed E-state index contributed by atoms with van der Waals surface area (Å²) in [5.74, 6) is -0.565. The molecule has 128 valence electrons. The van der Waals surface area contributed by atoms with Crippen molar-refractivity contribution in [1.29, 1.82) is 0 Å². The number of carbonyl (C=O) groups excluding carboxylic acids is 1. The Labute approximate surface area is 151 Å². The van der Waals surface area contributed by atoms with Crippen LogP contribution in [0.4, 0.5) is 10.1 Å². The molecule has 1 aliphatic rings. The van der Waals surface area contributed by atoms with Gasteiger partial charge in [-0.2, -0.15) is 0 Å². The van der Waals surface area contributed by atoms with Gasteiger partial charge in [-0.05, 0) is 55.9 Å². The molecule has 0 saturated heterocycles. The Bertz CT molecular complexity index is 844. The zero-order valence-electron chi connectivity index (χ0n) is 13.9. The fraction of sp³-hybridized carbons (Fsp3) is 0.158. The van der Waals surface area contributed by atoms with Crippen LogP contribution in [0.5, 0.6) is 0 Å². The summed E-state index contributed by atoms with van der Waals surface area (Å²) < 4.78 is 13.2. The quantitative estimate of drug-likeness (QED) is 0.737. The standard InChI is InChI=1S/C19H18FN3OS/c1-11-3-9-15(10-4-11)22-18(24)16-12(2)21-19(25)23-17(16)13-5-7-14(20)8-6-13/h3-10,17H,1-2H3,(H,22,24)(H2,21,23,25)/t17-/m1/s1. The van der Waals surface area contributed by atoms with Crippen molar-refractivity contribution >= 4 is 28.9 Å². The fourth-order valence-electron chi connectivity index (χ4n) is 2.74. The van der Waals surface area contributed by atoms with Crippen molar-refractivity contribution in [1.82, 2.24) is 10.6 Å². The van der Waals surface area contributed by atoms with Gasteiger partial charge in [0.1, 0.15) is 5.82 Å². The van der Waals surface area contributed by atoms with Crippen LogP contribution in [0.15, 0.2) is 59.8 Å². The number of allylic oxidation sites excluding steroid dienone is 1. The van der Waals surface area contributed by atoms with Gasteiger partial charge in [0.05, 0.1) is 11.6 Å². The number of benzene rings is 2. The van der Waals surface area contributed by atoms with Gasteiger partial charge < -0.3 is 16.0 Å². The summed E-state index contributed by atoms with van der Waals surface area (Å²) in [7, 11) is 0. The lowest BCUT2D eigenvalue weighted by Crippen LogP contribution is -2.45. The first-order valence-electron chi connectivity index (χ1n) is 7.86. The van der Waals surface area contributed by atoms with Crippen LogP contribution in [0.2, 0.25) is 0 Å². The summed E-state index contributed by atoms with van der Waals surface area (Å²) in [6.07, 6.45) is 0. The van der Waals surface area contributed by atoms with Crippen molar-refractivity contribution < 1.29 is 9.18 Å². The van der Waals surface area contributed by atoms with Crippen LogP contribution in [0, 0.1) is 12.7 Å². The van der Waals surface area contributed by atoms with Crippen molar-refractivity contribution in [3.63, 3.8) is 0 Å². The number of halogens is 1. The molecule has 2 aromatic rings. The van der Waals surface area contributed by atoms with E-state index in [1.54, 1.807) is 19.1 Å². The fourth-order valence-corrected chi connectivity index (χ4v) is 3.01. The van der Waals surface area contributed by atoms with Crippen LogP contribution < -0.4 is 16.0 Å². The van der Waals surface area contributed by atoms with Gasteiger partial charge >= 0.3 is 0 Å². The average molecular weight is 355 g/mol. The topological polar surface area (TPSA) is 53.2 Å². The van der Waals surface area contributed by atoms with Crippen LogP contribution in [-0.2, 0) is 4.79 Å². The summed E-state index contributed by atoms with van der Waals surface area (Å²) in [4.78, 5) is 12.9. The molecule has 0 radical (unpaired) electrons. The number of aryl methyl sites for hydroxylation is 1. The van der Waals surface area contributed by atoms with Gasteiger partial charge in [-0.1, -0.05) is 29.8 Å². The first kappa shape index (κ1) is 17.1. The lowest BCUT2D eigenvalue weighted by Gasteiger charge is -2.30. The van der Waals surface area contributed by atoms with Crippen molar-refractivity contribution in [2.45, 2.75) is 19.9 Å². The smallest absolute Gasteiger partial charge is 0.255 e. The number of thiocarbonyl (C=S) groups is 1. The highest BCUT2D eigenvalue weighted by Gasteiger charge is 2.29. The summed E-state index contributed by atoms with van der Waals surface area (Å²) in [5, 5.41) is 9.40. The highest BCUT2D eigenvalue weighted by atomic mass is 32.1. The van der Waals surface area contributed by atoms with Crippen LogP contribution in [0.25, 0.3) is 0 Å². The Kier molecular flexibility index (Phi) is 4.81. The molecule has 4 nitrogen and oxygen atoms in total. The molecular weight excluding hydrogens is 337 g/mol. The van der Waals surface area contributed by atoms with Gasteiger partial charge in [0.25, 0.3) is 5.91 Å². The van der Waals surface area contributed by atoms with Crippen molar-refractivity contribution in [2.75, 3.05) is 5.32 Å². The third-order valence-electron chi connectivity index (χ3n) is 4.03. The predicted octanol–water partition coefficient (Wildman–Crippen LogP) is 3.57. The molecule has 0 saturated carbocycles. The van der Waals surface area contributed by atoms with Gasteiger partial charge in [0.2, 0.25) is 0 Å². The minimum Gasteiger partial charge on any atom is -0.351 e. The van der Waals surface area contributed by atoms with Gasteiger partial charge in [-0.25, -0.2) is 4.39 Å². The van der Waals surface area contributed by atoms with E-state index in [1.165, 1.54) is 12.1 Å². The Morgan fingerprint density at radius 2 is 1.72 bits per heavy atom. The van der Waals surface area contributed by atoms with E-state index in [9.17, 15) is 9.18 Å². The summed E-state index contributed by atoms with van der Waals surface area (Å²) in [6.45, 7) is 3.78. The first-order chi connectivity index (χ1) is 11.9. The number of hydrogen-bond donors (Lipinski definition) is 3. The van der Waals surface area contributed by atoms with E-state index in [0.717, 1.165) is 11.1 Å². The monoisotopic (exact) mass is 355 g/mol. The maximum Gasteiger partial charge on any atom is 0.255 e. The first-order valence-corrected chi connectivity index (χ1v) is 8.26. The van der Waals surface area contributed by atoms with Gasteiger partial charge in [-0.3, -0.25) is 4.79 Å². The highest BCUT2D eigenvalue weighted by molar-refractivity contribution is 7.80. The molecule has 1 amide bonds. The van der Waals surface area contributed by atoms with E-state index in [4.69, 9.17) is 12.2 Å². The molecule has 1 heterocycles. The third-order valence-corrected chi connectivity index (χ3v) is 4.25. The second kappa shape index (κ2) is 7.03. The van der Waals surface area contributed by atoms with E-state index < -0.39 is 6.04 Å². The average Bonchev–Trinajstić information content (AvgIpc) is 2.57. The summed E-state index contributed by atoms with van der Waals surface area (Å²) >= 11 is 5.21. The van der Waals surface area contributed by atoms with E-state index in [-0.39, 0.29) is 11.7 Å². The Hall–Kier alpha value is -2.73. The second-order valence-electron chi connectivity index (χ2n) is 5.94. The molecule has 1 aliphatic heterocycles. The number of nitrogens with one attached hydrogen (secondary N) is 3. The number of rotatable bonds is 3. The zero-order chi connectivity index (χ0) is 18.0. The zero-order valence-corrected chi connectivity index (χ0v) is 14.7. The minimum absolute atomic E-state index is 0.238. The number of carbonyl (C=O) groups is 1. The molecule has 2 aromatic carbocycles. The second-order valence-corrected chi connectivity index (χ2v) is 6.35. The molecule has 6 heteroatoms. The molecule has 3 N–H and O–H groups in total. The molecule has 0 bridgehead atoms. The van der Waals surface area contributed by atoms with Crippen molar-refractivity contribution in [3.05, 3.63) is 76.7 Å². The maximum atomic E-state index is 13.2. The molecule has 0 fully saturated rings. The molecule has 0 spiro atoms. The molecule has 3 rings (SSSR count). The Balaban J connectivity index is 1.92. The van der Waals surface area contributed by atoms with Crippen molar-refractivity contribution in [3.8, 4) is 0 Å². The number of hydrogen-bond acceptors (Lipinski definition) is 2. The number of amides is 1. The van der Waals surface area contributed by atoms with Gasteiger partial charge in [-0.15, -0.1) is 0 Å². The summed E-state index contributed by atoms with van der Waals surface area (Å²) in [6, 6.07) is 13.1. The van der Waals surface area contributed by atoms with Gasteiger partial charge in [0.15, 0.2) is 5.11 Å². The molecule has 0 aliphatic carbocycles. The van der Waals surface area contributed by atoms with Gasteiger partial charge in [0, 0.05) is 11.4 Å². The lowest BCUT2D eigenvalue weighted by atomic mass is 9.95. The van der Waals surface area contributed by atoms with Crippen LogP contribution in [0.3, 0.4) is 0 Å². The van der Waals surface area contributed by atoms with E-state index >= 15 is 0 Å². The van der Waals surface area contributed by atoms with Crippen LogP contribution in [-0.4, -0.2) is 11.0 Å². The van der Waals surface area contributed by atoms with E-state index in [0.29, 0.717) is 22.1 Å². The third kappa shape index (κ3) is 3.85. The Morgan fingerprint density at radius 3 is 2.36 bits per heavy atom. The molecular formula is C19H18FN3OS. The highest BCUT2D eigenvalue weighted by Crippen LogP contribution is 2.28. The van der Waals surface area contributed by atoms with Crippen LogP contribution in [0.1, 0.15) is 24.1 Å². The van der Waals surface area contributed by atoms with Crippen LogP contribution >= 0.6 is 12.2 Å². The number of anilines is 1. The molecule has 1 atom stereocenters. The Morgan fingerprint density at radius 1 is 1.08 bits per heavy atom. The van der Waals surface area contributed by atoms with E-state index in [1.807, 2.05) is 31.2 Å². The molecule has 25 heavy (non-hydrogen) atoms.